The third kappa shape index (κ3) is 1.46. The Morgan fingerprint density at radius 3 is 2.79 bits per heavy atom. The first kappa shape index (κ1) is 9.09. The van der Waals surface area contributed by atoms with E-state index in [1.54, 1.807) is 6.20 Å². The monoisotopic (exact) mass is 208 g/mol. The summed E-state index contributed by atoms with van der Waals surface area (Å²) in [6.07, 6.45) is 1.60. The van der Waals surface area contributed by atoms with Crippen molar-refractivity contribution < 1.29 is 4.52 Å². The summed E-state index contributed by atoms with van der Waals surface area (Å²) in [4.78, 5) is 0. The minimum Gasteiger partial charge on any atom is -0.367 e. The molecule has 2 rings (SSSR count). The van der Waals surface area contributed by atoms with Gasteiger partial charge in [0, 0.05) is 5.02 Å². The Balaban J connectivity index is 2.53. The van der Waals surface area contributed by atoms with Crippen molar-refractivity contribution in [3.05, 3.63) is 35.0 Å². The second kappa shape index (κ2) is 3.35. The first-order chi connectivity index (χ1) is 6.68. The van der Waals surface area contributed by atoms with Crippen LogP contribution in [0, 0.1) is 6.92 Å². The molecule has 0 bridgehead atoms. The zero-order valence-corrected chi connectivity index (χ0v) is 8.38. The molecule has 1 aromatic carbocycles. The van der Waals surface area contributed by atoms with Crippen molar-refractivity contribution in [3.63, 3.8) is 0 Å². The number of hydrogen-bond donors (Lipinski definition) is 1. The molecule has 0 saturated heterocycles. The number of nitrogen functional groups attached to an aromatic ring is 1. The molecule has 0 aliphatic rings. The maximum Gasteiger partial charge on any atom is 0.229 e. The number of aromatic nitrogens is 1. The van der Waals surface area contributed by atoms with Crippen LogP contribution in [0.25, 0.3) is 11.1 Å². The molecular formula is C10H9ClN2O. The van der Waals surface area contributed by atoms with Gasteiger partial charge in [0.25, 0.3) is 0 Å². The van der Waals surface area contributed by atoms with E-state index in [9.17, 15) is 0 Å². The number of rotatable bonds is 1. The first-order valence-corrected chi connectivity index (χ1v) is 4.53. The summed E-state index contributed by atoms with van der Waals surface area (Å²) in [6.45, 7) is 1.94. The Kier molecular flexibility index (Phi) is 2.17. The van der Waals surface area contributed by atoms with Crippen molar-refractivity contribution in [2.75, 3.05) is 5.73 Å². The average Bonchev–Trinajstić information content (AvgIpc) is 2.57. The molecule has 0 aliphatic carbocycles. The van der Waals surface area contributed by atoms with Crippen LogP contribution in [-0.4, -0.2) is 5.16 Å². The SMILES string of the molecule is Cc1cc(-c2cnoc2N)ccc1Cl. The number of hydrogen-bond acceptors (Lipinski definition) is 3. The maximum absolute atomic E-state index is 5.91. The summed E-state index contributed by atoms with van der Waals surface area (Å²) >= 11 is 5.91. The van der Waals surface area contributed by atoms with Crippen LogP contribution in [0.15, 0.2) is 28.9 Å². The topological polar surface area (TPSA) is 52.0 Å². The van der Waals surface area contributed by atoms with E-state index in [4.69, 9.17) is 21.9 Å². The normalized spacial score (nSPS) is 10.4. The molecule has 4 heteroatoms. The van der Waals surface area contributed by atoms with Crippen LogP contribution >= 0.6 is 11.6 Å². The summed E-state index contributed by atoms with van der Waals surface area (Å²) in [7, 11) is 0. The van der Waals surface area contributed by atoms with Gasteiger partial charge in [0.2, 0.25) is 5.88 Å². The molecule has 0 aliphatic heterocycles. The summed E-state index contributed by atoms with van der Waals surface area (Å²) in [5.74, 6) is 0.326. The minimum atomic E-state index is 0.326. The smallest absolute Gasteiger partial charge is 0.229 e. The highest BCUT2D eigenvalue weighted by atomic mass is 35.5. The highest BCUT2D eigenvalue weighted by Crippen LogP contribution is 2.28. The standard InChI is InChI=1S/C10H9ClN2O/c1-6-4-7(2-3-9(6)11)8-5-13-14-10(8)12/h2-5H,12H2,1H3. The molecule has 0 amide bonds. The van der Waals surface area contributed by atoms with Crippen LogP contribution in [-0.2, 0) is 0 Å². The average molecular weight is 209 g/mol. The highest BCUT2D eigenvalue weighted by Gasteiger charge is 2.07. The molecule has 1 heterocycles. The molecule has 0 spiro atoms. The van der Waals surface area contributed by atoms with Gasteiger partial charge in [-0.25, -0.2) is 0 Å². The van der Waals surface area contributed by atoms with Crippen molar-refractivity contribution in [2.24, 2.45) is 0 Å². The van der Waals surface area contributed by atoms with E-state index < -0.39 is 0 Å². The molecule has 0 saturated carbocycles. The molecule has 72 valence electrons. The van der Waals surface area contributed by atoms with Crippen molar-refractivity contribution in [1.29, 1.82) is 0 Å². The fourth-order valence-electron chi connectivity index (χ4n) is 1.28. The zero-order valence-electron chi connectivity index (χ0n) is 7.62. The fourth-order valence-corrected chi connectivity index (χ4v) is 1.40. The molecule has 2 N–H and O–H groups in total. The number of nitrogens with two attached hydrogens (primary N) is 1. The van der Waals surface area contributed by atoms with Gasteiger partial charge in [-0.15, -0.1) is 0 Å². The number of anilines is 1. The molecule has 1 aromatic heterocycles. The summed E-state index contributed by atoms with van der Waals surface area (Å²) < 4.78 is 4.78. The number of nitrogens with zero attached hydrogens (tertiary/aromatic N) is 1. The summed E-state index contributed by atoms with van der Waals surface area (Å²) in [5, 5.41) is 4.36. The van der Waals surface area contributed by atoms with Gasteiger partial charge in [-0.3, -0.25) is 0 Å². The minimum absolute atomic E-state index is 0.326. The lowest BCUT2D eigenvalue weighted by Gasteiger charge is -2.01. The third-order valence-electron chi connectivity index (χ3n) is 2.07. The lowest BCUT2D eigenvalue weighted by Crippen LogP contribution is -1.85. The van der Waals surface area contributed by atoms with E-state index in [-0.39, 0.29) is 0 Å². The number of halogens is 1. The highest BCUT2D eigenvalue weighted by molar-refractivity contribution is 6.31. The Hall–Kier alpha value is -1.48. The van der Waals surface area contributed by atoms with E-state index in [0.717, 1.165) is 21.7 Å². The maximum atomic E-state index is 5.91. The predicted octanol–water partition coefficient (Wildman–Crippen LogP) is 2.89. The quantitative estimate of drug-likeness (QED) is 0.784. The van der Waals surface area contributed by atoms with E-state index in [1.165, 1.54) is 0 Å². The Morgan fingerprint density at radius 1 is 1.43 bits per heavy atom. The Morgan fingerprint density at radius 2 is 2.21 bits per heavy atom. The van der Waals surface area contributed by atoms with E-state index >= 15 is 0 Å². The molecule has 0 fully saturated rings. The first-order valence-electron chi connectivity index (χ1n) is 4.15. The van der Waals surface area contributed by atoms with Crippen LogP contribution in [0.2, 0.25) is 5.02 Å². The third-order valence-corrected chi connectivity index (χ3v) is 2.49. The molecule has 0 atom stereocenters. The molecule has 3 nitrogen and oxygen atoms in total. The Labute approximate surface area is 86.5 Å². The molecule has 2 aromatic rings. The van der Waals surface area contributed by atoms with Crippen molar-refractivity contribution in [1.82, 2.24) is 5.16 Å². The largest absolute Gasteiger partial charge is 0.367 e. The molecule has 14 heavy (non-hydrogen) atoms. The van der Waals surface area contributed by atoms with E-state index in [0.29, 0.717) is 5.88 Å². The van der Waals surface area contributed by atoms with Gasteiger partial charge >= 0.3 is 0 Å². The molecule has 0 unspecified atom stereocenters. The van der Waals surface area contributed by atoms with Gasteiger partial charge in [-0.1, -0.05) is 22.8 Å². The van der Waals surface area contributed by atoms with Crippen molar-refractivity contribution in [3.8, 4) is 11.1 Å². The van der Waals surface area contributed by atoms with Crippen LogP contribution in [0.3, 0.4) is 0 Å². The van der Waals surface area contributed by atoms with Crippen LogP contribution < -0.4 is 5.73 Å². The fraction of sp³-hybridized carbons (Fsp3) is 0.100. The van der Waals surface area contributed by atoms with Crippen molar-refractivity contribution >= 4 is 17.5 Å². The molecular weight excluding hydrogens is 200 g/mol. The summed E-state index contributed by atoms with van der Waals surface area (Å²) in [5.41, 5.74) is 8.36. The van der Waals surface area contributed by atoms with E-state index in [1.807, 2.05) is 25.1 Å². The van der Waals surface area contributed by atoms with Gasteiger partial charge in [0.05, 0.1) is 11.8 Å². The van der Waals surface area contributed by atoms with Crippen molar-refractivity contribution in [2.45, 2.75) is 6.92 Å². The van der Waals surface area contributed by atoms with Gasteiger partial charge in [0.15, 0.2) is 0 Å². The lowest BCUT2D eigenvalue weighted by molar-refractivity contribution is 0.436. The molecule has 0 radical (unpaired) electrons. The van der Waals surface area contributed by atoms with Gasteiger partial charge < -0.3 is 10.3 Å². The van der Waals surface area contributed by atoms with Crippen LogP contribution in [0.5, 0.6) is 0 Å². The Bertz CT molecular complexity index is 465. The van der Waals surface area contributed by atoms with Crippen LogP contribution in [0.1, 0.15) is 5.56 Å². The predicted molar refractivity (Wildman–Crippen MR) is 56.1 cm³/mol. The lowest BCUT2D eigenvalue weighted by atomic mass is 10.1. The number of benzene rings is 1. The number of aryl methyl sites for hydroxylation is 1. The van der Waals surface area contributed by atoms with E-state index in [2.05, 4.69) is 5.16 Å². The van der Waals surface area contributed by atoms with Gasteiger partial charge in [0.1, 0.15) is 0 Å². The van der Waals surface area contributed by atoms with Gasteiger partial charge in [-0.2, -0.15) is 0 Å². The zero-order chi connectivity index (χ0) is 10.1. The summed E-state index contributed by atoms with van der Waals surface area (Å²) in [6, 6.07) is 5.67. The van der Waals surface area contributed by atoms with Gasteiger partial charge in [-0.05, 0) is 30.2 Å². The second-order valence-corrected chi connectivity index (χ2v) is 3.47. The van der Waals surface area contributed by atoms with Crippen LogP contribution in [0.4, 0.5) is 5.88 Å². The second-order valence-electron chi connectivity index (χ2n) is 3.07.